The number of fused-ring (bicyclic) bond motifs is 2. The van der Waals surface area contributed by atoms with Crippen LogP contribution in [0.15, 0.2) is 60.3 Å². The van der Waals surface area contributed by atoms with Gasteiger partial charge in [0.25, 0.3) is 0 Å². The van der Waals surface area contributed by atoms with E-state index in [0.717, 1.165) is 22.6 Å². The molecular formula is C25H29N3O2. The quantitative estimate of drug-likeness (QED) is 0.790. The normalized spacial score (nSPS) is 23.3. The first-order valence-electron chi connectivity index (χ1n) is 10.4. The number of carbonyl (C=O) groups is 2. The summed E-state index contributed by atoms with van der Waals surface area (Å²) in [5, 5.41) is 0. The van der Waals surface area contributed by atoms with Gasteiger partial charge in [-0.25, -0.2) is 0 Å². The first-order chi connectivity index (χ1) is 14.2. The molecule has 0 fully saturated rings. The van der Waals surface area contributed by atoms with E-state index in [0.29, 0.717) is 6.42 Å². The molecule has 4 rings (SSSR count). The van der Waals surface area contributed by atoms with Crippen LogP contribution in [-0.4, -0.2) is 31.3 Å². The maximum absolute atomic E-state index is 13.2. The molecule has 1 amide bonds. The number of para-hydroxylation sites is 2. The highest BCUT2D eigenvalue weighted by Crippen LogP contribution is 2.46. The van der Waals surface area contributed by atoms with Crippen LogP contribution in [0.4, 0.5) is 11.4 Å². The molecule has 0 bridgehead atoms. The summed E-state index contributed by atoms with van der Waals surface area (Å²) in [4.78, 5) is 29.4. The summed E-state index contributed by atoms with van der Waals surface area (Å²) >= 11 is 0. The molecule has 30 heavy (non-hydrogen) atoms. The number of hydrogen-bond donors (Lipinski definition) is 1. The Morgan fingerprint density at radius 1 is 1.10 bits per heavy atom. The highest BCUT2D eigenvalue weighted by atomic mass is 16.1. The molecule has 5 nitrogen and oxygen atoms in total. The largest absolute Gasteiger partial charge is 0.369 e. The molecule has 2 aliphatic heterocycles. The monoisotopic (exact) mass is 403 g/mol. The molecule has 0 spiro atoms. The summed E-state index contributed by atoms with van der Waals surface area (Å²) in [7, 11) is 2.02. The third-order valence-electron chi connectivity index (χ3n) is 6.64. The zero-order chi connectivity index (χ0) is 21.6. The summed E-state index contributed by atoms with van der Waals surface area (Å²) in [5.41, 5.74) is 10.6. The summed E-state index contributed by atoms with van der Waals surface area (Å²) in [6.45, 7) is 6.64. The van der Waals surface area contributed by atoms with Crippen molar-refractivity contribution in [2.45, 2.75) is 44.6 Å². The van der Waals surface area contributed by atoms with E-state index in [-0.39, 0.29) is 35.6 Å². The Balaban J connectivity index is 1.63. The van der Waals surface area contributed by atoms with E-state index in [9.17, 15) is 9.59 Å². The van der Waals surface area contributed by atoms with Gasteiger partial charge in [-0.1, -0.05) is 50.2 Å². The fourth-order valence-corrected chi connectivity index (χ4v) is 5.01. The molecule has 2 aliphatic rings. The van der Waals surface area contributed by atoms with Crippen molar-refractivity contribution in [1.29, 1.82) is 0 Å². The molecule has 5 heteroatoms. The highest BCUT2D eigenvalue weighted by molar-refractivity contribution is 5.96. The molecular weight excluding hydrogens is 374 g/mol. The lowest BCUT2D eigenvalue weighted by molar-refractivity contribution is -0.119. The molecule has 0 aliphatic carbocycles. The third kappa shape index (κ3) is 3.18. The predicted molar refractivity (Wildman–Crippen MR) is 121 cm³/mol. The number of rotatable bonds is 4. The molecule has 2 aromatic carbocycles. The number of allylic oxidation sites excluding steroid dienone is 1. The van der Waals surface area contributed by atoms with Crippen LogP contribution in [0.5, 0.6) is 0 Å². The van der Waals surface area contributed by atoms with Gasteiger partial charge in [-0.15, -0.1) is 0 Å². The predicted octanol–water partition coefficient (Wildman–Crippen LogP) is 3.73. The molecule has 2 atom stereocenters. The Labute approximate surface area is 178 Å². The molecule has 2 N–H and O–H groups in total. The fraction of sp³-hybridized carbons (Fsp3) is 0.360. The topological polar surface area (TPSA) is 66.6 Å². The molecule has 0 unspecified atom stereocenters. The first-order valence-corrected chi connectivity index (χ1v) is 10.4. The summed E-state index contributed by atoms with van der Waals surface area (Å²) < 4.78 is 0. The molecule has 0 saturated heterocycles. The first kappa shape index (κ1) is 20.2. The highest BCUT2D eigenvalue weighted by Gasteiger charge is 2.39. The summed E-state index contributed by atoms with van der Waals surface area (Å²) in [6, 6.07) is 16.1. The van der Waals surface area contributed by atoms with Gasteiger partial charge in [0.15, 0.2) is 5.78 Å². The number of likely N-dealkylation sites (N-methyl/N-ethyl adjacent to an activating group) is 1. The van der Waals surface area contributed by atoms with Crippen molar-refractivity contribution in [3.63, 3.8) is 0 Å². The number of benzene rings is 2. The lowest BCUT2D eigenvalue weighted by Crippen LogP contribution is -2.44. The Morgan fingerprint density at radius 2 is 1.73 bits per heavy atom. The van der Waals surface area contributed by atoms with Gasteiger partial charge in [-0.3, -0.25) is 9.59 Å². The van der Waals surface area contributed by atoms with Crippen LogP contribution in [0.25, 0.3) is 0 Å². The van der Waals surface area contributed by atoms with Crippen molar-refractivity contribution in [2.75, 3.05) is 23.4 Å². The van der Waals surface area contributed by atoms with Crippen LogP contribution >= 0.6 is 0 Å². The van der Waals surface area contributed by atoms with Crippen molar-refractivity contribution in [3.05, 3.63) is 71.4 Å². The number of primary amides is 1. The molecule has 2 aromatic rings. The Bertz CT molecular complexity index is 1040. The number of nitrogens with two attached hydrogens (primary N) is 1. The Kier molecular flexibility index (Phi) is 4.92. The van der Waals surface area contributed by atoms with Gasteiger partial charge in [-0.2, -0.15) is 0 Å². The maximum atomic E-state index is 13.2. The standard InChI is InChI=1S/C25H29N3O2/c1-16-13-19(24(26)30)18-9-5-7-11-21(18)28(16)15-17(29)14-23-25(2,3)20-10-6-8-12-22(20)27(23)4/h5-12,14,16,19H,13,15H2,1-4H3,(H2,26,30)/b23-14-/t16-,19+/m1/s1. The zero-order valence-electron chi connectivity index (χ0n) is 18.1. The maximum Gasteiger partial charge on any atom is 0.225 e. The molecule has 156 valence electrons. The van der Waals surface area contributed by atoms with E-state index in [1.807, 2.05) is 50.4 Å². The van der Waals surface area contributed by atoms with Gasteiger partial charge in [0.2, 0.25) is 5.91 Å². The zero-order valence-corrected chi connectivity index (χ0v) is 18.1. The Hall–Kier alpha value is -3.08. The average molecular weight is 404 g/mol. The minimum absolute atomic E-state index is 0.0475. The van der Waals surface area contributed by atoms with E-state index in [2.05, 4.69) is 35.8 Å². The smallest absolute Gasteiger partial charge is 0.225 e. The Morgan fingerprint density at radius 3 is 2.40 bits per heavy atom. The van der Waals surface area contributed by atoms with Crippen molar-refractivity contribution < 1.29 is 9.59 Å². The number of carbonyl (C=O) groups excluding carboxylic acids is 2. The van der Waals surface area contributed by atoms with Crippen LogP contribution < -0.4 is 15.5 Å². The van der Waals surface area contributed by atoms with E-state index in [1.54, 1.807) is 6.08 Å². The van der Waals surface area contributed by atoms with Crippen LogP contribution in [0.1, 0.15) is 44.2 Å². The van der Waals surface area contributed by atoms with Crippen molar-refractivity contribution >= 4 is 23.1 Å². The van der Waals surface area contributed by atoms with E-state index in [4.69, 9.17) is 5.73 Å². The minimum Gasteiger partial charge on any atom is -0.369 e. The van der Waals surface area contributed by atoms with Crippen molar-refractivity contribution in [3.8, 4) is 0 Å². The number of amides is 1. The SMILES string of the molecule is C[C@@H]1C[C@H](C(N)=O)c2ccccc2N1CC(=O)/C=C1\N(C)c2ccccc2C1(C)C. The van der Waals surface area contributed by atoms with E-state index in [1.165, 1.54) is 5.56 Å². The number of ketones is 1. The summed E-state index contributed by atoms with van der Waals surface area (Å²) in [6.07, 6.45) is 2.41. The van der Waals surface area contributed by atoms with Gasteiger partial charge in [0.05, 0.1) is 12.5 Å². The second-order valence-electron chi connectivity index (χ2n) is 8.92. The van der Waals surface area contributed by atoms with Gasteiger partial charge in [0, 0.05) is 41.7 Å². The van der Waals surface area contributed by atoms with Crippen LogP contribution in [-0.2, 0) is 15.0 Å². The molecule has 2 heterocycles. The second kappa shape index (κ2) is 7.31. The van der Waals surface area contributed by atoms with Gasteiger partial charge >= 0.3 is 0 Å². The number of hydrogen-bond acceptors (Lipinski definition) is 4. The van der Waals surface area contributed by atoms with Crippen molar-refractivity contribution in [1.82, 2.24) is 0 Å². The molecule has 0 saturated carbocycles. The summed E-state index contributed by atoms with van der Waals surface area (Å²) in [5.74, 6) is -0.568. The number of anilines is 2. The molecule has 0 aromatic heterocycles. The van der Waals surface area contributed by atoms with Crippen LogP contribution in [0.3, 0.4) is 0 Å². The van der Waals surface area contributed by atoms with E-state index >= 15 is 0 Å². The second-order valence-corrected chi connectivity index (χ2v) is 8.92. The lowest BCUT2D eigenvalue weighted by Gasteiger charge is -2.39. The van der Waals surface area contributed by atoms with Crippen molar-refractivity contribution in [2.24, 2.45) is 5.73 Å². The fourth-order valence-electron chi connectivity index (χ4n) is 5.01. The average Bonchev–Trinajstić information content (AvgIpc) is 2.90. The van der Waals surface area contributed by atoms with Crippen LogP contribution in [0.2, 0.25) is 0 Å². The lowest BCUT2D eigenvalue weighted by atomic mass is 9.83. The van der Waals surface area contributed by atoms with Gasteiger partial charge in [0.1, 0.15) is 0 Å². The van der Waals surface area contributed by atoms with E-state index < -0.39 is 0 Å². The van der Waals surface area contributed by atoms with Crippen LogP contribution in [0, 0.1) is 0 Å². The van der Waals surface area contributed by atoms with Gasteiger partial charge in [-0.05, 0) is 36.6 Å². The minimum atomic E-state index is -0.311. The number of nitrogens with zero attached hydrogens (tertiary/aromatic N) is 2. The van der Waals surface area contributed by atoms with Gasteiger partial charge < -0.3 is 15.5 Å². The third-order valence-corrected chi connectivity index (χ3v) is 6.64. The molecule has 0 radical (unpaired) electrons.